The minimum atomic E-state index is -3.64. The van der Waals surface area contributed by atoms with Crippen molar-refractivity contribution in [2.45, 2.75) is 56.9 Å². The molecule has 0 amide bonds. The van der Waals surface area contributed by atoms with Crippen LogP contribution >= 0.6 is 0 Å². The summed E-state index contributed by atoms with van der Waals surface area (Å²) in [5.41, 5.74) is 0. The van der Waals surface area contributed by atoms with Crippen LogP contribution in [-0.2, 0) is 16.6 Å². The van der Waals surface area contributed by atoms with Gasteiger partial charge in [0.1, 0.15) is 5.76 Å². The third kappa shape index (κ3) is 4.54. The normalized spacial score (nSPS) is 23.0. The summed E-state index contributed by atoms with van der Waals surface area (Å²) in [6.45, 7) is 4.77. The molecule has 1 aliphatic rings. The van der Waals surface area contributed by atoms with E-state index in [9.17, 15) is 13.5 Å². The third-order valence-electron chi connectivity index (χ3n) is 3.74. The van der Waals surface area contributed by atoms with Crippen LogP contribution in [0.3, 0.4) is 0 Å². The second-order valence-corrected chi connectivity index (χ2v) is 7.56. The molecule has 7 heteroatoms. The fourth-order valence-electron chi connectivity index (χ4n) is 2.45. The standard InChI is InChI=1S/C14H24N2O4S/c1-10(2)15-9-12-6-7-14(20-12)21(18,19)16-8-11-4-3-5-13(11)17/h6-7,10-11,13,15-17H,3-5,8-9H2,1-2H3. The van der Waals surface area contributed by atoms with Crippen molar-refractivity contribution in [2.24, 2.45) is 5.92 Å². The van der Waals surface area contributed by atoms with Gasteiger partial charge in [-0.1, -0.05) is 20.3 Å². The molecule has 0 bridgehead atoms. The van der Waals surface area contributed by atoms with Gasteiger partial charge in [0.05, 0.1) is 12.6 Å². The summed E-state index contributed by atoms with van der Waals surface area (Å²) in [6.07, 6.45) is 2.14. The number of hydrogen-bond donors (Lipinski definition) is 3. The van der Waals surface area contributed by atoms with Crippen molar-refractivity contribution < 1.29 is 17.9 Å². The van der Waals surface area contributed by atoms with E-state index >= 15 is 0 Å². The van der Waals surface area contributed by atoms with Crippen molar-refractivity contribution in [3.63, 3.8) is 0 Å². The van der Waals surface area contributed by atoms with Gasteiger partial charge in [-0.3, -0.25) is 0 Å². The zero-order valence-corrected chi connectivity index (χ0v) is 13.3. The number of sulfonamides is 1. The molecule has 1 fully saturated rings. The Morgan fingerprint density at radius 2 is 2.14 bits per heavy atom. The number of furan rings is 1. The highest BCUT2D eigenvalue weighted by Gasteiger charge is 2.27. The Hall–Kier alpha value is -0.890. The Kier molecular flexibility index (Phi) is 5.43. The maximum atomic E-state index is 12.1. The summed E-state index contributed by atoms with van der Waals surface area (Å²) in [5.74, 6) is 0.585. The number of aliphatic hydroxyl groups excluding tert-OH is 1. The molecule has 21 heavy (non-hydrogen) atoms. The molecule has 1 aromatic heterocycles. The first-order chi connectivity index (χ1) is 9.88. The minimum absolute atomic E-state index is 0.00295. The molecule has 0 spiro atoms. The molecular formula is C14H24N2O4S. The Morgan fingerprint density at radius 1 is 1.38 bits per heavy atom. The maximum absolute atomic E-state index is 12.1. The summed E-state index contributed by atoms with van der Waals surface area (Å²) in [5, 5.41) is 12.8. The largest absolute Gasteiger partial charge is 0.447 e. The number of nitrogens with one attached hydrogen (secondary N) is 2. The summed E-state index contributed by atoms with van der Waals surface area (Å²) in [6, 6.07) is 3.43. The highest BCUT2D eigenvalue weighted by atomic mass is 32.2. The summed E-state index contributed by atoms with van der Waals surface area (Å²) in [7, 11) is -3.64. The van der Waals surface area contributed by atoms with Gasteiger partial charge in [-0.05, 0) is 30.9 Å². The van der Waals surface area contributed by atoms with Crippen LogP contribution in [-0.4, -0.2) is 32.2 Å². The van der Waals surface area contributed by atoms with Gasteiger partial charge in [-0.25, -0.2) is 13.1 Å². The van der Waals surface area contributed by atoms with Crippen LogP contribution in [0.25, 0.3) is 0 Å². The molecule has 1 saturated carbocycles. The van der Waals surface area contributed by atoms with E-state index in [4.69, 9.17) is 4.42 Å². The van der Waals surface area contributed by atoms with Crippen LogP contribution in [0.4, 0.5) is 0 Å². The lowest BCUT2D eigenvalue weighted by atomic mass is 10.1. The Morgan fingerprint density at radius 3 is 2.76 bits per heavy atom. The summed E-state index contributed by atoms with van der Waals surface area (Å²) in [4.78, 5) is 0. The van der Waals surface area contributed by atoms with E-state index in [-0.39, 0.29) is 17.6 Å². The van der Waals surface area contributed by atoms with Crippen molar-refractivity contribution in [3.8, 4) is 0 Å². The molecular weight excluding hydrogens is 292 g/mol. The molecule has 1 aromatic rings. The Labute approximate surface area is 126 Å². The van der Waals surface area contributed by atoms with Crippen LogP contribution in [0.5, 0.6) is 0 Å². The smallest absolute Gasteiger partial charge is 0.273 e. The van der Waals surface area contributed by atoms with E-state index in [0.29, 0.717) is 18.3 Å². The molecule has 6 nitrogen and oxygen atoms in total. The predicted octanol–water partition coefficient (Wildman–Crippen LogP) is 1.22. The zero-order valence-electron chi connectivity index (χ0n) is 12.5. The third-order valence-corrected chi connectivity index (χ3v) is 5.04. The highest BCUT2D eigenvalue weighted by molar-refractivity contribution is 7.89. The lowest BCUT2D eigenvalue weighted by Crippen LogP contribution is -2.32. The van der Waals surface area contributed by atoms with Gasteiger partial charge in [0, 0.05) is 12.6 Å². The summed E-state index contributed by atoms with van der Waals surface area (Å²) < 4.78 is 32.2. The fraction of sp³-hybridized carbons (Fsp3) is 0.714. The van der Waals surface area contributed by atoms with Crippen LogP contribution < -0.4 is 10.0 Å². The average molecular weight is 316 g/mol. The first-order valence-electron chi connectivity index (χ1n) is 7.38. The summed E-state index contributed by atoms with van der Waals surface area (Å²) >= 11 is 0. The van der Waals surface area contributed by atoms with Gasteiger partial charge in [-0.2, -0.15) is 0 Å². The monoisotopic (exact) mass is 316 g/mol. The van der Waals surface area contributed by atoms with Crippen LogP contribution in [0, 0.1) is 5.92 Å². The van der Waals surface area contributed by atoms with E-state index in [1.807, 2.05) is 13.8 Å². The molecule has 3 N–H and O–H groups in total. The first kappa shape index (κ1) is 16.5. The predicted molar refractivity (Wildman–Crippen MR) is 79.2 cm³/mol. The SMILES string of the molecule is CC(C)NCc1ccc(S(=O)(=O)NCC2CCCC2O)o1. The minimum Gasteiger partial charge on any atom is -0.447 e. The fourth-order valence-corrected chi connectivity index (χ4v) is 3.49. The molecule has 0 aliphatic heterocycles. The van der Waals surface area contributed by atoms with Crippen molar-refractivity contribution in [1.29, 1.82) is 0 Å². The van der Waals surface area contributed by atoms with Crippen LogP contribution in [0.1, 0.15) is 38.9 Å². The maximum Gasteiger partial charge on any atom is 0.273 e. The molecule has 2 rings (SSSR count). The van der Waals surface area contributed by atoms with Crippen molar-refractivity contribution in [3.05, 3.63) is 17.9 Å². The van der Waals surface area contributed by atoms with Crippen molar-refractivity contribution in [2.75, 3.05) is 6.54 Å². The molecule has 1 aliphatic carbocycles. The van der Waals surface area contributed by atoms with Crippen LogP contribution in [0.15, 0.2) is 21.6 Å². The first-order valence-corrected chi connectivity index (χ1v) is 8.86. The number of rotatable bonds is 7. The van der Waals surface area contributed by atoms with Gasteiger partial charge in [-0.15, -0.1) is 0 Å². The second-order valence-electron chi connectivity index (χ2n) is 5.87. The highest BCUT2D eigenvalue weighted by Crippen LogP contribution is 2.25. The molecule has 0 saturated heterocycles. The number of hydrogen-bond acceptors (Lipinski definition) is 5. The van der Waals surface area contributed by atoms with E-state index in [2.05, 4.69) is 10.0 Å². The van der Waals surface area contributed by atoms with E-state index in [1.165, 1.54) is 6.07 Å². The van der Waals surface area contributed by atoms with E-state index in [1.54, 1.807) is 6.07 Å². The van der Waals surface area contributed by atoms with Gasteiger partial charge in [0.25, 0.3) is 10.0 Å². The van der Waals surface area contributed by atoms with Gasteiger partial charge in [0.2, 0.25) is 5.09 Å². The van der Waals surface area contributed by atoms with Crippen LogP contribution in [0.2, 0.25) is 0 Å². The van der Waals surface area contributed by atoms with Gasteiger partial charge >= 0.3 is 0 Å². The number of aliphatic hydroxyl groups is 1. The quantitative estimate of drug-likeness (QED) is 0.703. The Balaban J connectivity index is 1.92. The van der Waals surface area contributed by atoms with Gasteiger partial charge in [0.15, 0.2) is 0 Å². The Bertz CT molecular complexity index is 553. The lowest BCUT2D eigenvalue weighted by molar-refractivity contribution is 0.134. The van der Waals surface area contributed by atoms with Gasteiger partial charge < -0.3 is 14.8 Å². The van der Waals surface area contributed by atoms with E-state index < -0.39 is 16.1 Å². The molecule has 120 valence electrons. The lowest BCUT2D eigenvalue weighted by Gasteiger charge is -2.14. The average Bonchev–Trinajstić information content (AvgIpc) is 3.03. The molecule has 0 radical (unpaired) electrons. The molecule has 2 atom stereocenters. The molecule has 2 unspecified atom stereocenters. The van der Waals surface area contributed by atoms with E-state index in [0.717, 1.165) is 19.3 Å². The topological polar surface area (TPSA) is 91.6 Å². The van der Waals surface area contributed by atoms with Crippen molar-refractivity contribution >= 4 is 10.0 Å². The zero-order chi connectivity index (χ0) is 15.5. The molecule has 0 aromatic carbocycles. The van der Waals surface area contributed by atoms with Crippen molar-refractivity contribution in [1.82, 2.24) is 10.0 Å². The molecule has 1 heterocycles. The second kappa shape index (κ2) is 6.91.